The Morgan fingerprint density at radius 3 is 2.61 bits per heavy atom. The molecule has 6 heteroatoms. The van der Waals surface area contributed by atoms with E-state index in [1.807, 2.05) is 0 Å². The lowest BCUT2D eigenvalue weighted by molar-refractivity contribution is 0.00981. The van der Waals surface area contributed by atoms with E-state index in [9.17, 15) is 0 Å². The fourth-order valence-corrected chi connectivity index (χ4v) is 4.78. The molecule has 0 aliphatic carbocycles. The van der Waals surface area contributed by atoms with Crippen molar-refractivity contribution in [1.82, 2.24) is 10.2 Å². The number of benzene rings is 1. The van der Waals surface area contributed by atoms with E-state index in [2.05, 4.69) is 48.3 Å². The number of piperidine rings is 1. The number of aryl methyl sites for hydroxylation is 1. The average molecular weight is 432 g/mol. The van der Waals surface area contributed by atoms with Crippen molar-refractivity contribution in [3.8, 4) is 0 Å². The van der Waals surface area contributed by atoms with Gasteiger partial charge in [0, 0.05) is 58.6 Å². The van der Waals surface area contributed by atoms with Gasteiger partial charge in [-0.05, 0) is 57.1 Å². The van der Waals surface area contributed by atoms with E-state index in [1.54, 1.807) is 7.11 Å². The van der Waals surface area contributed by atoms with Crippen LogP contribution in [0.4, 0.5) is 0 Å². The molecule has 0 amide bonds. The Morgan fingerprint density at radius 1 is 1.19 bits per heavy atom. The van der Waals surface area contributed by atoms with Crippen molar-refractivity contribution in [3.63, 3.8) is 0 Å². The lowest BCUT2D eigenvalue weighted by Gasteiger charge is -2.39. The van der Waals surface area contributed by atoms with Gasteiger partial charge in [0.1, 0.15) is 0 Å². The lowest BCUT2D eigenvalue weighted by atomic mass is 9.72. The van der Waals surface area contributed by atoms with Crippen molar-refractivity contribution < 1.29 is 14.2 Å². The summed E-state index contributed by atoms with van der Waals surface area (Å²) in [6, 6.07) is 8.79. The van der Waals surface area contributed by atoms with E-state index in [0.717, 1.165) is 90.7 Å². The molecule has 31 heavy (non-hydrogen) atoms. The lowest BCUT2D eigenvalue weighted by Crippen LogP contribution is -2.48. The molecule has 2 saturated heterocycles. The van der Waals surface area contributed by atoms with E-state index in [4.69, 9.17) is 19.2 Å². The summed E-state index contributed by atoms with van der Waals surface area (Å²) >= 11 is 0. The third-order valence-electron chi connectivity index (χ3n) is 6.62. The summed E-state index contributed by atoms with van der Waals surface area (Å²) in [6.07, 6.45) is 5.47. The van der Waals surface area contributed by atoms with Crippen LogP contribution in [-0.2, 0) is 19.6 Å². The van der Waals surface area contributed by atoms with Gasteiger partial charge in [-0.25, -0.2) is 0 Å². The molecule has 0 saturated carbocycles. The molecule has 2 aliphatic rings. The van der Waals surface area contributed by atoms with Crippen molar-refractivity contribution in [3.05, 3.63) is 35.4 Å². The zero-order chi connectivity index (χ0) is 21.9. The minimum absolute atomic E-state index is 0.0625. The first-order chi connectivity index (χ1) is 15.2. The number of hydrogen-bond acceptors (Lipinski definition) is 4. The highest BCUT2D eigenvalue weighted by atomic mass is 16.5. The summed E-state index contributed by atoms with van der Waals surface area (Å²) in [7, 11) is 1.74. The van der Waals surface area contributed by atoms with Gasteiger partial charge in [-0.15, -0.1) is 0 Å². The molecular weight excluding hydrogens is 390 g/mol. The molecule has 2 aliphatic heterocycles. The van der Waals surface area contributed by atoms with Crippen molar-refractivity contribution >= 4 is 5.96 Å². The van der Waals surface area contributed by atoms with Crippen LogP contribution in [0.2, 0.25) is 0 Å². The zero-order valence-electron chi connectivity index (χ0n) is 19.7. The summed E-state index contributed by atoms with van der Waals surface area (Å²) in [6.45, 7) is 11.2. The van der Waals surface area contributed by atoms with Gasteiger partial charge in [-0.3, -0.25) is 4.99 Å². The number of methoxy groups -OCH3 is 1. The smallest absolute Gasteiger partial charge is 0.193 e. The van der Waals surface area contributed by atoms with E-state index in [0.29, 0.717) is 6.10 Å². The SMILES string of the molecule is CCNC(=NCC1(c2ccccc2C)CCOCC1)N1CCC(OCCCOC)CC1. The third-order valence-corrected chi connectivity index (χ3v) is 6.62. The molecule has 0 bridgehead atoms. The predicted octanol–water partition coefficient (Wildman–Crippen LogP) is 3.53. The molecule has 2 heterocycles. The molecule has 6 nitrogen and oxygen atoms in total. The maximum atomic E-state index is 6.03. The molecular formula is C25H41N3O3. The number of aliphatic imine (C=N–C) groups is 1. The second-order valence-electron chi connectivity index (χ2n) is 8.78. The normalized spacial score (nSPS) is 20.1. The van der Waals surface area contributed by atoms with Crippen LogP contribution in [-0.4, -0.2) is 76.7 Å². The maximum Gasteiger partial charge on any atom is 0.193 e. The Kier molecular flexibility index (Phi) is 9.62. The predicted molar refractivity (Wildman–Crippen MR) is 126 cm³/mol. The van der Waals surface area contributed by atoms with E-state index < -0.39 is 0 Å². The van der Waals surface area contributed by atoms with E-state index in [1.165, 1.54) is 11.1 Å². The molecule has 0 aromatic heterocycles. The van der Waals surface area contributed by atoms with Crippen LogP contribution in [0, 0.1) is 6.92 Å². The fourth-order valence-electron chi connectivity index (χ4n) is 4.78. The van der Waals surface area contributed by atoms with Gasteiger partial charge in [0.2, 0.25) is 0 Å². The summed E-state index contributed by atoms with van der Waals surface area (Å²) in [5.74, 6) is 1.04. The number of hydrogen-bond donors (Lipinski definition) is 1. The fraction of sp³-hybridized carbons (Fsp3) is 0.720. The van der Waals surface area contributed by atoms with Crippen LogP contribution < -0.4 is 5.32 Å². The van der Waals surface area contributed by atoms with Crippen molar-refractivity contribution in [2.75, 3.05) is 59.7 Å². The molecule has 174 valence electrons. The molecule has 1 N–H and O–H groups in total. The van der Waals surface area contributed by atoms with Gasteiger partial charge in [0.05, 0.1) is 12.6 Å². The quantitative estimate of drug-likeness (QED) is 0.368. The van der Waals surface area contributed by atoms with Crippen molar-refractivity contribution in [2.45, 2.75) is 57.5 Å². The van der Waals surface area contributed by atoms with Gasteiger partial charge in [-0.1, -0.05) is 24.3 Å². The minimum Gasteiger partial charge on any atom is -0.385 e. The monoisotopic (exact) mass is 431 g/mol. The standard InChI is InChI=1S/C25H41N3O3/c1-4-26-24(28-14-10-22(11-15-28)31-17-7-16-29-3)27-20-25(12-18-30-19-13-25)23-9-6-5-8-21(23)2/h5-6,8-9,22H,4,7,10-20H2,1-3H3,(H,26,27). The van der Waals surface area contributed by atoms with Gasteiger partial charge in [0.25, 0.3) is 0 Å². The summed E-state index contributed by atoms with van der Waals surface area (Å²) in [4.78, 5) is 7.59. The first-order valence-electron chi connectivity index (χ1n) is 12.0. The Balaban J connectivity index is 1.65. The topological polar surface area (TPSA) is 55.3 Å². The van der Waals surface area contributed by atoms with Crippen molar-refractivity contribution in [2.24, 2.45) is 4.99 Å². The first kappa shape index (κ1) is 24.0. The van der Waals surface area contributed by atoms with Gasteiger partial charge < -0.3 is 24.4 Å². The summed E-state index contributed by atoms with van der Waals surface area (Å²) in [5.41, 5.74) is 2.85. The van der Waals surface area contributed by atoms with Crippen LogP contribution in [0.1, 0.15) is 50.2 Å². The zero-order valence-corrected chi connectivity index (χ0v) is 19.7. The largest absolute Gasteiger partial charge is 0.385 e. The number of nitrogens with zero attached hydrogens (tertiary/aromatic N) is 2. The van der Waals surface area contributed by atoms with Crippen LogP contribution in [0.5, 0.6) is 0 Å². The number of rotatable bonds is 9. The van der Waals surface area contributed by atoms with E-state index >= 15 is 0 Å². The number of guanidine groups is 1. The highest BCUT2D eigenvalue weighted by molar-refractivity contribution is 5.80. The Hall–Kier alpha value is -1.63. The minimum atomic E-state index is 0.0625. The van der Waals surface area contributed by atoms with Crippen LogP contribution in [0.25, 0.3) is 0 Å². The molecule has 0 unspecified atom stereocenters. The van der Waals surface area contributed by atoms with E-state index in [-0.39, 0.29) is 5.41 Å². The highest BCUT2D eigenvalue weighted by Crippen LogP contribution is 2.37. The molecule has 1 aromatic rings. The molecule has 2 fully saturated rings. The Morgan fingerprint density at radius 2 is 1.94 bits per heavy atom. The van der Waals surface area contributed by atoms with Gasteiger partial charge in [0.15, 0.2) is 5.96 Å². The summed E-state index contributed by atoms with van der Waals surface area (Å²) in [5, 5.41) is 3.54. The van der Waals surface area contributed by atoms with Gasteiger partial charge in [-0.2, -0.15) is 0 Å². The first-order valence-corrected chi connectivity index (χ1v) is 12.0. The van der Waals surface area contributed by atoms with Crippen molar-refractivity contribution in [1.29, 1.82) is 0 Å². The average Bonchev–Trinajstić information content (AvgIpc) is 2.81. The van der Waals surface area contributed by atoms with Gasteiger partial charge >= 0.3 is 0 Å². The Bertz CT molecular complexity index is 680. The molecule has 3 rings (SSSR count). The van der Waals surface area contributed by atoms with Crippen LogP contribution in [0.3, 0.4) is 0 Å². The number of nitrogens with one attached hydrogen (secondary N) is 1. The molecule has 0 atom stereocenters. The molecule has 0 spiro atoms. The molecule has 0 radical (unpaired) electrons. The second-order valence-corrected chi connectivity index (χ2v) is 8.78. The summed E-state index contributed by atoms with van der Waals surface area (Å²) < 4.78 is 16.9. The third kappa shape index (κ3) is 6.67. The second kappa shape index (κ2) is 12.4. The Labute approximate surface area is 188 Å². The van der Waals surface area contributed by atoms with Crippen LogP contribution >= 0.6 is 0 Å². The van der Waals surface area contributed by atoms with Crippen LogP contribution in [0.15, 0.2) is 29.3 Å². The maximum absolute atomic E-state index is 6.03. The highest BCUT2D eigenvalue weighted by Gasteiger charge is 2.36. The number of ether oxygens (including phenoxy) is 3. The number of likely N-dealkylation sites (tertiary alicyclic amines) is 1. The molecule has 1 aromatic carbocycles.